The lowest BCUT2D eigenvalue weighted by Gasteiger charge is -2.11. The Morgan fingerprint density at radius 3 is 2.33 bits per heavy atom. The predicted molar refractivity (Wildman–Crippen MR) is 84.0 cm³/mol. The van der Waals surface area contributed by atoms with Crippen molar-refractivity contribution in [3.8, 4) is 0 Å². The average molecular weight is 286 g/mol. The molecule has 0 amide bonds. The lowest BCUT2D eigenvalue weighted by Crippen LogP contribution is -2.36. The summed E-state index contributed by atoms with van der Waals surface area (Å²) in [5.74, 6) is 2.52. The highest BCUT2D eigenvalue weighted by Crippen LogP contribution is 2.02. The standard InChI is InChI=1S/C15H22N6/c1-11-5-7-13(8-6-11)9-17-15(16-3)18-10-14-20-19-12(2)21(14)4/h5-8H,9-10H2,1-4H3,(H2,16,17,18). The summed E-state index contributed by atoms with van der Waals surface area (Å²) >= 11 is 0. The molecule has 1 aromatic carbocycles. The molecule has 0 saturated heterocycles. The van der Waals surface area contributed by atoms with Gasteiger partial charge in [0.15, 0.2) is 11.8 Å². The van der Waals surface area contributed by atoms with Gasteiger partial charge >= 0.3 is 0 Å². The molecule has 0 bridgehead atoms. The van der Waals surface area contributed by atoms with Crippen molar-refractivity contribution >= 4 is 5.96 Å². The van der Waals surface area contributed by atoms with Crippen LogP contribution >= 0.6 is 0 Å². The van der Waals surface area contributed by atoms with Crippen molar-refractivity contribution in [3.05, 3.63) is 47.0 Å². The van der Waals surface area contributed by atoms with E-state index in [-0.39, 0.29) is 0 Å². The van der Waals surface area contributed by atoms with Crippen molar-refractivity contribution in [2.24, 2.45) is 12.0 Å². The minimum Gasteiger partial charge on any atom is -0.352 e. The molecule has 0 saturated carbocycles. The maximum Gasteiger partial charge on any atom is 0.191 e. The summed E-state index contributed by atoms with van der Waals surface area (Å²) in [5, 5.41) is 14.7. The molecule has 0 unspecified atom stereocenters. The summed E-state index contributed by atoms with van der Waals surface area (Å²) in [7, 11) is 3.71. The number of hydrogen-bond donors (Lipinski definition) is 2. The summed E-state index contributed by atoms with van der Waals surface area (Å²) < 4.78 is 1.96. The Balaban J connectivity index is 1.86. The topological polar surface area (TPSA) is 67.1 Å². The molecular formula is C15H22N6. The molecule has 2 aromatic rings. The van der Waals surface area contributed by atoms with Gasteiger partial charge in [-0.25, -0.2) is 0 Å². The smallest absolute Gasteiger partial charge is 0.191 e. The number of benzene rings is 1. The molecule has 2 rings (SSSR count). The highest BCUT2D eigenvalue weighted by atomic mass is 15.3. The molecule has 2 N–H and O–H groups in total. The van der Waals surface area contributed by atoms with Crippen LogP contribution in [-0.2, 0) is 20.1 Å². The van der Waals surface area contributed by atoms with Gasteiger partial charge in [0.2, 0.25) is 0 Å². The second-order valence-corrected chi connectivity index (χ2v) is 4.99. The van der Waals surface area contributed by atoms with Crippen molar-refractivity contribution in [2.45, 2.75) is 26.9 Å². The van der Waals surface area contributed by atoms with Crippen LogP contribution in [0.3, 0.4) is 0 Å². The number of aryl methyl sites for hydroxylation is 2. The van der Waals surface area contributed by atoms with E-state index in [1.165, 1.54) is 11.1 Å². The number of guanidine groups is 1. The van der Waals surface area contributed by atoms with Crippen LogP contribution in [0.5, 0.6) is 0 Å². The second-order valence-electron chi connectivity index (χ2n) is 4.99. The molecule has 0 atom stereocenters. The van der Waals surface area contributed by atoms with Crippen molar-refractivity contribution in [1.82, 2.24) is 25.4 Å². The number of hydrogen-bond acceptors (Lipinski definition) is 3. The molecule has 0 aliphatic heterocycles. The van der Waals surface area contributed by atoms with Crippen LogP contribution in [0, 0.1) is 13.8 Å². The zero-order valence-electron chi connectivity index (χ0n) is 13.0. The van der Waals surface area contributed by atoms with E-state index in [1.807, 2.05) is 18.5 Å². The van der Waals surface area contributed by atoms with E-state index in [0.29, 0.717) is 6.54 Å². The zero-order valence-corrected chi connectivity index (χ0v) is 13.0. The quantitative estimate of drug-likeness (QED) is 0.656. The maximum atomic E-state index is 4.21. The normalized spacial score (nSPS) is 11.5. The SMILES string of the molecule is CN=C(NCc1ccc(C)cc1)NCc1nnc(C)n1C. The Morgan fingerprint density at radius 2 is 1.76 bits per heavy atom. The summed E-state index contributed by atoms with van der Waals surface area (Å²) in [5.41, 5.74) is 2.48. The third-order valence-electron chi connectivity index (χ3n) is 3.40. The van der Waals surface area contributed by atoms with Crippen LogP contribution in [0.15, 0.2) is 29.3 Å². The van der Waals surface area contributed by atoms with Gasteiger partial charge in [-0.3, -0.25) is 4.99 Å². The zero-order chi connectivity index (χ0) is 15.2. The Hall–Kier alpha value is -2.37. The van der Waals surface area contributed by atoms with E-state index >= 15 is 0 Å². The van der Waals surface area contributed by atoms with E-state index < -0.39 is 0 Å². The Kier molecular flexibility index (Phi) is 4.92. The largest absolute Gasteiger partial charge is 0.352 e. The van der Waals surface area contributed by atoms with Gasteiger partial charge in [-0.15, -0.1) is 10.2 Å². The number of aromatic nitrogens is 3. The van der Waals surface area contributed by atoms with Gasteiger partial charge in [-0.05, 0) is 19.4 Å². The van der Waals surface area contributed by atoms with Gasteiger partial charge < -0.3 is 15.2 Å². The molecule has 112 valence electrons. The first-order valence-corrected chi connectivity index (χ1v) is 6.95. The Labute approximate surface area is 125 Å². The van der Waals surface area contributed by atoms with Crippen molar-refractivity contribution in [1.29, 1.82) is 0 Å². The summed E-state index contributed by atoms with van der Waals surface area (Å²) in [6, 6.07) is 8.44. The fourth-order valence-corrected chi connectivity index (χ4v) is 1.88. The van der Waals surface area contributed by atoms with E-state index in [1.54, 1.807) is 7.05 Å². The third kappa shape index (κ3) is 4.05. The lowest BCUT2D eigenvalue weighted by molar-refractivity contribution is 0.717. The number of nitrogens with zero attached hydrogens (tertiary/aromatic N) is 4. The van der Waals surface area contributed by atoms with Gasteiger partial charge in [0.25, 0.3) is 0 Å². The van der Waals surface area contributed by atoms with Crippen LogP contribution in [0.4, 0.5) is 0 Å². The van der Waals surface area contributed by atoms with Crippen LogP contribution in [0.1, 0.15) is 22.8 Å². The van der Waals surface area contributed by atoms with Crippen LogP contribution in [0.25, 0.3) is 0 Å². The molecule has 0 fully saturated rings. The van der Waals surface area contributed by atoms with Gasteiger partial charge in [0.05, 0.1) is 6.54 Å². The molecule has 6 heteroatoms. The van der Waals surface area contributed by atoms with Crippen molar-refractivity contribution in [2.75, 3.05) is 7.05 Å². The highest BCUT2D eigenvalue weighted by molar-refractivity contribution is 5.79. The molecule has 0 radical (unpaired) electrons. The molecule has 6 nitrogen and oxygen atoms in total. The van der Waals surface area contributed by atoms with E-state index in [2.05, 4.69) is 57.0 Å². The van der Waals surface area contributed by atoms with E-state index in [9.17, 15) is 0 Å². The van der Waals surface area contributed by atoms with Crippen LogP contribution in [0.2, 0.25) is 0 Å². The first kappa shape index (κ1) is 15.0. The first-order chi connectivity index (χ1) is 10.1. The minimum atomic E-state index is 0.588. The van der Waals surface area contributed by atoms with Gasteiger partial charge in [-0.2, -0.15) is 0 Å². The van der Waals surface area contributed by atoms with E-state index in [4.69, 9.17) is 0 Å². The fraction of sp³-hybridized carbons (Fsp3) is 0.400. The number of aliphatic imine (C=N–C) groups is 1. The highest BCUT2D eigenvalue weighted by Gasteiger charge is 2.05. The third-order valence-corrected chi connectivity index (χ3v) is 3.40. The summed E-state index contributed by atoms with van der Waals surface area (Å²) in [6.07, 6.45) is 0. The molecule has 0 aliphatic rings. The number of rotatable bonds is 4. The predicted octanol–water partition coefficient (Wildman–Crippen LogP) is 1.30. The Bertz CT molecular complexity index is 612. The number of nitrogens with one attached hydrogen (secondary N) is 2. The average Bonchev–Trinajstić information content (AvgIpc) is 2.81. The Morgan fingerprint density at radius 1 is 1.10 bits per heavy atom. The van der Waals surface area contributed by atoms with Gasteiger partial charge in [0.1, 0.15) is 5.82 Å². The van der Waals surface area contributed by atoms with Crippen LogP contribution in [-0.4, -0.2) is 27.8 Å². The first-order valence-electron chi connectivity index (χ1n) is 6.95. The maximum absolute atomic E-state index is 4.21. The van der Waals surface area contributed by atoms with Gasteiger partial charge in [-0.1, -0.05) is 29.8 Å². The fourth-order valence-electron chi connectivity index (χ4n) is 1.88. The van der Waals surface area contributed by atoms with Crippen molar-refractivity contribution < 1.29 is 0 Å². The van der Waals surface area contributed by atoms with Gasteiger partial charge in [0, 0.05) is 20.6 Å². The molecule has 0 aliphatic carbocycles. The molecule has 1 aromatic heterocycles. The molecule has 1 heterocycles. The molecule has 0 spiro atoms. The second kappa shape index (κ2) is 6.88. The van der Waals surface area contributed by atoms with E-state index in [0.717, 1.165) is 24.2 Å². The van der Waals surface area contributed by atoms with Crippen LogP contribution < -0.4 is 10.6 Å². The summed E-state index contributed by atoms with van der Waals surface area (Å²) in [4.78, 5) is 4.21. The lowest BCUT2D eigenvalue weighted by atomic mass is 10.1. The monoisotopic (exact) mass is 286 g/mol. The summed E-state index contributed by atoms with van der Waals surface area (Å²) in [6.45, 7) is 5.34. The minimum absolute atomic E-state index is 0.588. The molecular weight excluding hydrogens is 264 g/mol. The molecule has 21 heavy (non-hydrogen) atoms. The van der Waals surface area contributed by atoms with Crippen molar-refractivity contribution in [3.63, 3.8) is 0 Å².